The van der Waals surface area contributed by atoms with Gasteiger partial charge in [-0.05, 0) is 50.5 Å². The Bertz CT molecular complexity index is 1060. The van der Waals surface area contributed by atoms with E-state index < -0.39 is 0 Å². The lowest BCUT2D eigenvalue weighted by atomic mass is 10.1. The van der Waals surface area contributed by atoms with Crippen molar-refractivity contribution in [2.45, 2.75) is 65.3 Å². The molecule has 1 aliphatic heterocycles. The van der Waals surface area contributed by atoms with Crippen molar-refractivity contribution < 1.29 is 9.53 Å². The van der Waals surface area contributed by atoms with Crippen LogP contribution in [0.1, 0.15) is 56.0 Å². The molecule has 1 amide bonds. The number of aromatic nitrogens is 3. The van der Waals surface area contributed by atoms with Gasteiger partial charge in [-0.3, -0.25) is 9.69 Å². The van der Waals surface area contributed by atoms with Gasteiger partial charge in [-0.2, -0.15) is 0 Å². The van der Waals surface area contributed by atoms with Gasteiger partial charge in [0.1, 0.15) is 11.6 Å². The molecule has 0 radical (unpaired) electrons. The zero-order valence-corrected chi connectivity index (χ0v) is 20.4. The number of fused-ring (bicyclic) bond motifs is 1. The largest absolute Gasteiger partial charge is 0.491 e. The predicted octanol–water partition coefficient (Wildman–Crippen LogP) is 3.93. The van der Waals surface area contributed by atoms with Gasteiger partial charge < -0.3 is 14.6 Å². The average molecular weight is 462 g/mol. The number of aryl methyl sites for hydroxylation is 1. The molecule has 0 aliphatic carbocycles. The van der Waals surface area contributed by atoms with E-state index in [1.165, 1.54) is 11.1 Å². The maximum Gasteiger partial charge on any atom is 0.220 e. The Morgan fingerprint density at radius 3 is 2.47 bits per heavy atom. The molecule has 0 saturated heterocycles. The maximum atomic E-state index is 12.5. The minimum atomic E-state index is -0.176. The second-order valence-corrected chi connectivity index (χ2v) is 9.24. The van der Waals surface area contributed by atoms with Crippen molar-refractivity contribution in [3.63, 3.8) is 0 Å². The summed E-state index contributed by atoms with van der Waals surface area (Å²) in [4.78, 5) is 15.0. The van der Waals surface area contributed by atoms with E-state index in [1.54, 1.807) is 0 Å². The van der Waals surface area contributed by atoms with Crippen molar-refractivity contribution >= 4 is 5.91 Å². The Balaban J connectivity index is 1.30. The van der Waals surface area contributed by atoms with Crippen LogP contribution in [0.4, 0.5) is 0 Å². The first kappa shape index (κ1) is 24.0. The smallest absolute Gasteiger partial charge is 0.220 e. The first-order valence-corrected chi connectivity index (χ1v) is 12.2. The Labute approximate surface area is 202 Å². The zero-order chi connectivity index (χ0) is 23.9. The minimum Gasteiger partial charge on any atom is -0.491 e. The van der Waals surface area contributed by atoms with Crippen LogP contribution in [0, 0.1) is 0 Å². The lowest BCUT2D eigenvalue weighted by Gasteiger charge is -2.20. The lowest BCUT2D eigenvalue weighted by molar-refractivity contribution is -0.121. The summed E-state index contributed by atoms with van der Waals surface area (Å²) in [6, 6.07) is 18.3. The summed E-state index contributed by atoms with van der Waals surface area (Å²) in [7, 11) is 0. The van der Waals surface area contributed by atoms with Gasteiger partial charge in [0.15, 0.2) is 5.82 Å². The van der Waals surface area contributed by atoms with Crippen molar-refractivity contribution in [2.75, 3.05) is 13.1 Å². The topological polar surface area (TPSA) is 72.3 Å². The molecule has 3 aromatic rings. The first-order chi connectivity index (χ1) is 16.5. The first-order valence-electron chi connectivity index (χ1n) is 12.2. The van der Waals surface area contributed by atoms with Crippen LogP contribution in [0.15, 0.2) is 54.6 Å². The van der Waals surface area contributed by atoms with E-state index in [1.807, 2.05) is 51.1 Å². The summed E-state index contributed by atoms with van der Waals surface area (Å²) < 4.78 is 7.93. The highest BCUT2D eigenvalue weighted by atomic mass is 16.5. The quantitative estimate of drug-likeness (QED) is 0.523. The molecule has 1 aliphatic rings. The van der Waals surface area contributed by atoms with Crippen molar-refractivity contribution in [1.29, 1.82) is 0 Å². The third-order valence-electron chi connectivity index (χ3n) is 6.10. The van der Waals surface area contributed by atoms with E-state index in [4.69, 9.17) is 4.74 Å². The summed E-state index contributed by atoms with van der Waals surface area (Å²) in [6.07, 6.45) is 2.22. The highest BCUT2D eigenvalue weighted by molar-refractivity contribution is 5.76. The summed E-state index contributed by atoms with van der Waals surface area (Å²) in [5.74, 6) is 2.77. The molecule has 1 atom stereocenters. The zero-order valence-electron chi connectivity index (χ0n) is 20.4. The SMILES string of the molecule is CC(C)Oc1ccc(CN2CCc3nnc([C@@H](C)NC(=O)CCc4ccccc4)n3CC2)cc1. The normalized spacial score (nSPS) is 14.9. The fraction of sp³-hybridized carbons (Fsp3) is 0.444. The molecular formula is C27H35N5O2. The highest BCUT2D eigenvalue weighted by Crippen LogP contribution is 2.19. The summed E-state index contributed by atoms with van der Waals surface area (Å²) in [6.45, 7) is 9.61. The van der Waals surface area contributed by atoms with Crippen LogP contribution in [-0.4, -0.2) is 44.8 Å². The van der Waals surface area contributed by atoms with E-state index >= 15 is 0 Å². The summed E-state index contributed by atoms with van der Waals surface area (Å²) in [5, 5.41) is 12.0. The number of carbonyl (C=O) groups is 1. The number of nitrogens with zero attached hydrogens (tertiary/aromatic N) is 4. The fourth-order valence-electron chi connectivity index (χ4n) is 4.35. The fourth-order valence-corrected chi connectivity index (χ4v) is 4.35. The Hall–Kier alpha value is -3.19. The number of rotatable bonds is 9. The van der Waals surface area contributed by atoms with Gasteiger partial charge in [0.2, 0.25) is 5.91 Å². The number of ether oxygens (including phenoxy) is 1. The molecule has 1 N–H and O–H groups in total. The van der Waals surface area contributed by atoms with E-state index in [0.29, 0.717) is 6.42 Å². The van der Waals surface area contributed by atoms with Crippen LogP contribution >= 0.6 is 0 Å². The van der Waals surface area contributed by atoms with Gasteiger partial charge >= 0.3 is 0 Å². The Morgan fingerprint density at radius 1 is 0.971 bits per heavy atom. The summed E-state index contributed by atoms with van der Waals surface area (Å²) >= 11 is 0. The molecule has 0 bridgehead atoms. The van der Waals surface area contributed by atoms with Gasteiger partial charge in [0.05, 0.1) is 12.1 Å². The number of hydrogen-bond donors (Lipinski definition) is 1. The molecule has 34 heavy (non-hydrogen) atoms. The summed E-state index contributed by atoms with van der Waals surface area (Å²) in [5.41, 5.74) is 2.44. The van der Waals surface area contributed by atoms with Crippen molar-refractivity contribution in [3.05, 3.63) is 77.4 Å². The number of carbonyl (C=O) groups excluding carboxylic acids is 1. The second kappa shape index (κ2) is 11.3. The van der Waals surface area contributed by atoms with Gasteiger partial charge in [-0.1, -0.05) is 42.5 Å². The van der Waals surface area contributed by atoms with E-state index in [-0.39, 0.29) is 18.1 Å². The molecule has 0 saturated carbocycles. The lowest BCUT2D eigenvalue weighted by Crippen LogP contribution is -2.30. The molecule has 2 heterocycles. The molecule has 4 rings (SSSR count). The van der Waals surface area contributed by atoms with Crippen LogP contribution < -0.4 is 10.1 Å². The molecule has 1 aromatic heterocycles. The second-order valence-electron chi connectivity index (χ2n) is 9.24. The molecule has 7 heteroatoms. The molecular weight excluding hydrogens is 426 g/mol. The van der Waals surface area contributed by atoms with E-state index in [0.717, 1.165) is 56.4 Å². The molecule has 7 nitrogen and oxygen atoms in total. The number of hydrogen-bond acceptors (Lipinski definition) is 5. The Kier molecular flexibility index (Phi) is 7.95. The van der Waals surface area contributed by atoms with Gasteiger partial charge in [-0.25, -0.2) is 0 Å². The van der Waals surface area contributed by atoms with Crippen molar-refractivity contribution in [2.24, 2.45) is 0 Å². The predicted molar refractivity (Wildman–Crippen MR) is 133 cm³/mol. The van der Waals surface area contributed by atoms with Crippen LogP contribution in [0.3, 0.4) is 0 Å². The molecule has 2 aromatic carbocycles. The third kappa shape index (κ3) is 6.44. The number of benzene rings is 2. The van der Waals surface area contributed by atoms with E-state index in [9.17, 15) is 4.79 Å². The van der Waals surface area contributed by atoms with Crippen molar-refractivity contribution in [1.82, 2.24) is 25.0 Å². The van der Waals surface area contributed by atoms with Crippen LogP contribution in [0.5, 0.6) is 5.75 Å². The number of amides is 1. The molecule has 0 fully saturated rings. The Morgan fingerprint density at radius 2 is 1.74 bits per heavy atom. The molecule has 180 valence electrons. The van der Waals surface area contributed by atoms with E-state index in [2.05, 4.69) is 49.2 Å². The van der Waals surface area contributed by atoms with Gasteiger partial charge in [-0.15, -0.1) is 10.2 Å². The highest BCUT2D eigenvalue weighted by Gasteiger charge is 2.22. The average Bonchev–Trinajstić information content (AvgIpc) is 3.14. The minimum absolute atomic E-state index is 0.0360. The van der Waals surface area contributed by atoms with Gasteiger partial charge in [0.25, 0.3) is 0 Å². The van der Waals surface area contributed by atoms with Crippen LogP contribution in [0.25, 0.3) is 0 Å². The monoisotopic (exact) mass is 461 g/mol. The standard InChI is InChI=1S/C27H35N5O2/c1-20(2)34-24-12-9-23(10-13-24)19-31-16-15-25-29-30-27(32(25)18-17-31)21(3)28-26(33)14-11-22-7-5-4-6-8-22/h4-10,12-13,20-21H,11,14-19H2,1-3H3,(H,28,33)/t21-/m1/s1. The molecule has 0 spiro atoms. The maximum absolute atomic E-state index is 12.5. The third-order valence-corrected chi connectivity index (χ3v) is 6.10. The van der Waals surface area contributed by atoms with Crippen LogP contribution in [0.2, 0.25) is 0 Å². The van der Waals surface area contributed by atoms with Crippen molar-refractivity contribution in [3.8, 4) is 5.75 Å². The molecule has 0 unspecified atom stereocenters. The van der Waals surface area contributed by atoms with Crippen LogP contribution in [-0.2, 0) is 30.7 Å². The van der Waals surface area contributed by atoms with Gasteiger partial charge in [0, 0.05) is 39.0 Å². The number of nitrogens with one attached hydrogen (secondary N) is 1.